The quantitative estimate of drug-likeness (QED) is 0.499. The second-order valence-electron chi connectivity index (χ2n) is 7.54. The minimum absolute atomic E-state index is 0.279. The van der Waals surface area contributed by atoms with Gasteiger partial charge in [-0.15, -0.1) is 0 Å². The lowest BCUT2D eigenvalue weighted by Crippen LogP contribution is -2.35. The van der Waals surface area contributed by atoms with E-state index in [0.29, 0.717) is 17.3 Å². The number of nitrogens with zero attached hydrogens (tertiary/aromatic N) is 4. The Hall–Kier alpha value is -3.28. The zero-order valence-corrected chi connectivity index (χ0v) is 16.0. The molecule has 0 amide bonds. The Kier molecular flexibility index (Phi) is 4.68. The molecular formula is C23H21FN4O. The first-order valence-corrected chi connectivity index (χ1v) is 9.93. The van der Waals surface area contributed by atoms with Crippen LogP contribution in [0, 0.1) is 11.7 Å². The van der Waals surface area contributed by atoms with Crippen LogP contribution < -0.4 is 4.90 Å². The summed E-state index contributed by atoms with van der Waals surface area (Å²) in [4.78, 5) is 11.1. The van der Waals surface area contributed by atoms with Gasteiger partial charge in [0.25, 0.3) is 5.71 Å². The lowest BCUT2D eigenvalue weighted by Gasteiger charge is -2.33. The third-order valence-electron chi connectivity index (χ3n) is 5.65. The molecule has 0 unspecified atom stereocenters. The van der Waals surface area contributed by atoms with Crippen molar-refractivity contribution in [2.45, 2.75) is 19.3 Å². The van der Waals surface area contributed by atoms with Gasteiger partial charge in [0.1, 0.15) is 29.0 Å². The summed E-state index contributed by atoms with van der Waals surface area (Å²) in [6.07, 6.45) is 4.85. The molecule has 6 heteroatoms. The van der Waals surface area contributed by atoms with Crippen molar-refractivity contribution in [3.63, 3.8) is 0 Å². The van der Waals surface area contributed by atoms with Crippen LogP contribution in [0.4, 0.5) is 10.2 Å². The van der Waals surface area contributed by atoms with E-state index in [9.17, 15) is 4.39 Å². The first-order valence-electron chi connectivity index (χ1n) is 9.93. The Labute approximate surface area is 168 Å². The SMILES string of the molecule is Fc1ccc(-c2noc3ncnc(N4CCC(Cc5ccccc5)CC4)c23)cc1. The summed E-state index contributed by atoms with van der Waals surface area (Å²) in [5.41, 5.74) is 3.30. The molecule has 0 radical (unpaired) electrons. The van der Waals surface area contributed by atoms with E-state index in [-0.39, 0.29) is 5.82 Å². The third-order valence-corrected chi connectivity index (χ3v) is 5.65. The number of halogens is 1. The van der Waals surface area contributed by atoms with Crippen molar-refractivity contribution in [1.29, 1.82) is 0 Å². The monoisotopic (exact) mass is 388 g/mol. The fourth-order valence-electron chi connectivity index (χ4n) is 4.11. The number of benzene rings is 2. The van der Waals surface area contributed by atoms with Gasteiger partial charge in [-0.25, -0.2) is 9.37 Å². The Morgan fingerprint density at radius 2 is 1.72 bits per heavy atom. The van der Waals surface area contributed by atoms with E-state index in [4.69, 9.17) is 4.52 Å². The van der Waals surface area contributed by atoms with Gasteiger partial charge in [0.15, 0.2) is 0 Å². The van der Waals surface area contributed by atoms with Crippen LogP contribution >= 0.6 is 0 Å². The second kappa shape index (κ2) is 7.62. The van der Waals surface area contributed by atoms with Crippen LogP contribution in [0.25, 0.3) is 22.4 Å². The molecule has 5 rings (SSSR count). The average molecular weight is 388 g/mol. The largest absolute Gasteiger partial charge is 0.356 e. The molecule has 0 saturated carbocycles. The van der Waals surface area contributed by atoms with Crippen molar-refractivity contribution >= 4 is 16.9 Å². The predicted octanol–water partition coefficient (Wildman–Crippen LogP) is 4.88. The van der Waals surface area contributed by atoms with Crippen molar-refractivity contribution in [2.75, 3.05) is 18.0 Å². The molecule has 1 aliphatic rings. The van der Waals surface area contributed by atoms with Crippen molar-refractivity contribution in [3.8, 4) is 11.3 Å². The third kappa shape index (κ3) is 3.58. The number of anilines is 1. The second-order valence-corrected chi connectivity index (χ2v) is 7.54. The maximum absolute atomic E-state index is 13.3. The standard InChI is InChI=1S/C23H21FN4O/c24-19-8-6-18(7-9-19)21-20-22(25-15-26-23(20)29-27-21)28-12-10-17(11-13-28)14-16-4-2-1-3-5-16/h1-9,15,17H,10-14H2. The van der Waals surface area contributed by atoms with E-state index in [1.807, 2.05) is 0 Å². The summed E-state index contributed by atoms with van der Waals surface area (Å²) < 4.78 is 18.8. The predicted molar refractivity (Wildman–Crippen MR) is 110 cm³/mol. The van der Waals surface area contributed by atoms with Crippen LogP contribution in [-0.2, 0) is 6.42 Å². The van der Waals surface area contributed by atoms with Gasteiger partial charge in [0.2, 0.25) is 0 Å². The zero-order chi connectivity index (χ0) is 19.6. The molecule has 2 aromatic carbocycles. The first-order chi connectivity index (χ1) is 14.3. The van der Waals surface area contributed by atoms with Gasteiger partial charge in [-0.05, 0) is 55.0 Å². The van der Waals surface area contributed by atoms with E-state index >= 15 is 0 Å². The van der Waals surface area contributed by atoms with Gasteiger partial charge in [-0.2, -0.15) is 4.98 Å². The maximum Gasteiger partial charge on any atom is 0.263 e. The minimum Gasteiger partial charge on any atom is -0.356 e. The summed E-state index contributed by atoms with van der Waals surface area (Å²) in [6, 6.07) is 16.9. The number of hydrogen-bond donors (Lipinski definition) is 0. The summed E-state index contributed by atoms with van der Waals surface area (Å²) in [7, 11) is 0. The minimum atomic E-state index is -0.279. The Morgan fingerprint density at radius 3 is 2.48 bits per heavy atom. The van der Waals surface area contributed by atoms with Gasteiger partial charge in [-0.3, -0.25) is 0 Å². The molecule has 5 nitrogen and oxygen atoms in total. The Morgan fingerprint density at radius 1 is 0.966 bits per heavy atom. The average Bonchev–Trinajstić information content (AvgIpc) is 3.20. The van der Waals surface area contributed by atoms with E-state index in [1.165, 1.54) is 24.0 Å². The molecule has 1 fully saturated rings. The molecule has 1 saturated heterocycles. The summed E-state index contributed by atoms with van der Waals surface area (Å²) in [6.45, 7) is 1.86. The van der Waals surface area contributed by atoms with E-state index < -0.39 is 0 Å². The van der Waals surface area contributed by atoms with Gasteiger partial charge < -0.3 is 9.42 Å². The molecule has 4 aromatic rings. The van der Waals surface area contributed by atoms with Crippen molar-refractivity contribution in [3.05, 3.63) is 72.3 Å². The highest BCUT2D eigenvalue weighted by Gasteiger charge is 2.25. The number of piperidine rings is 1. The van der Waals surface area contributed by atoms with E-state index in [2.05, 4.69) is 50.4 Å². The topological polar surface area (TPSA) is 55.1 Å². The van der Waals surface area contributed by atoms with Crippen LogP contribution in [0.15, 0.2) is 65.4 Å². The van der Waals surface area contributed by atoms with Crippen molar-refractivity contribution in [1.82, 2.24) is 15.1 Å². The molecule has 0 aliphatic carbocycles. The van der Waals surface area contributed by atoms with Gasteiger partial charge >= 0.3 is 0 Å². The molecule has 0 bridgehead atoms. The Balaban J connectivity index is 1.39. The lowest BCUT2D eigenvalue weighted by atomic mass is 9.90. The van der Waals surface area contributed by atoms with Crippen LogP contribution in [-0.4, -0.2) is 28.2 Å². The van der Waals surface area contributed by atoms with Crippen molar-refractivity contribution in [2.24, 2.45) is 5.92 Å². The smallest absolute Gasteiger partial charge is 0.263 e. The van der Waals surface area contributed by atoms with Crippen LogP contribution in [0.1, 0.15) is 18.4 Å². The highest BCUT2D eigenvalue weighted by molar-refractivity contribution is 5.97. The molecule has 2 aromatic heterocycles. The summed E-state index contributed by atoms with van der Waals surface area (Å²) in [5, 5.41) is 4.99. The van der Waals surface area contributed by atoms with Gasteiger partial charge in [-0.1, -0.05) is 35.5 Å². The highest BCUT2D eigenvalue weighted by Crippen LogP contribution is 2.35. The molecule has 29 heavy (non-hydrogen) atoms. The summed E-state index contributed by atoms with van der Waals surface area (Å²) >= 11 is 0. The van der Waals surface area contributed by atoms with Gasteiger partial charge in [0.05, 0.1) is 0 Å². The zero-order valence-electron chi connectivity index (χ0n) is 16.0. The molecule has 3 heterocycles. The van der Waals surface area contributed by atoms with E-state index in [0.717, 1.165) is 49.1 Å². The first kappa shape index (κ1) is 17.8. The fourth-order valence-corrected chi connectivity index (χ4v) is 4.11. The molecule has 1 aliphatic heterocycles. The van der Waals surface area contributed by atoms with E-state index in [1.54, 1.807) is 12.1 Å². The van der Waals surface area contributed by atoms with Crippen LogP contribution in [0.2, 0.25) is 0 Å². The Bertz CT molecular complexity index is 1100. The molecule has 0 spiro atoms. The maximum atomic E-state index is 13.3. The summed E-state index contributed by atoms with van der Waals surface area (Å²) in [5.74, 6) is 1.23. The lowest BCUT2D eigenvalue weighted by molar-refractivity contribution is 0.402. The molecule has 0 N–H and O–H groups in total. The molecule has 146 valence electrons. The number of aromatic nitrogens is 3. The number of hydrogen-bond acceptors (Lipinski definition) is 5. The highest BCUT2D eigenvalue weighted by atomic mass is 19.1. The fraction of sp³-hybridized carbons (Fsp3) is 0.261. The van der Waals surface area contributed by atoms with Crippen molar-refractivity contribution < 1.29 is 8.91 Å². The number of rotatable bonds is 4. The molecule has 0 atom stereocenters. The van der Waals surface area contributed by atoms with Gasteiger partial charge in [0, 0.05) is 18.7 Å². The number of fused-ring (bicyclic) bond motifs is 1. The van der Waals surface area contributed by atoms with Crippen LogP contribution in [0.5, 0.6) is 0 Å². The molecular weight excluding hydrogens is 367 g/mol. The normalized spacial score (nSPS) is 15.1. The van der Waals surface area contributed by atoms with Crippen LogP contribution in [0.3, 0.4) is 0 Å².